The third kappa shape index (κ3) is 5.88. The van der Waals surface area contributed by atoms with Gasteiger partial charge in [0.1, 0.15) is 12.4 Å². The number of aromatic amines is 1. The molecule has 2 aromatic carbocycles. The van der Waals surface area contributed by atoms with Gasteiger partial charge >= 0.3 is 0 Å². The monoisotopic (exact) mass is 439 g/mol. The number of ether oxygens (including phenoxy) is 2. The molecule has 1 aliphatic rings. The van der Waals surface area contributed by atoms with E-state index in [9.17, 15) is 4.79 Å². The van der Waals surface area contributed by atoms with Gasteiger partial charge in [-0.15, -0.1) is 0 Å². The largest absolute Gasteiger partial charge is 0.490 e. The van der Waals surface area contributed by atoms with Crippen LogP contribution in [0.3, 0.4) is 0 Å². The second kappa shape index (κ2) is 10.5. The number of rotatable bonds is 8. The van der Waals surface area contributed by atoms with Crippen LogP contribution < -0.4 is 15.6 Å². The van der Waals surface area contributed by atoms with Crippen LogP contribution in [0.15, 0.2) is 65.6 Å². The Bertz CT molecular complexity index is 1050. The molecule has 1 fully saturated rings. The van der Waals surface area contributed by atoms with Crippen molar-refractivity contribution in [1.82, 2.24) is 9.88 Å². The molecule has 1 saturated heterocycles. The summed E-state index contributed by atoms with van der Waals surface area (Å²) < 4.78 is 11.4. The first-order valence-electron chi connectivity index (χ1n) is 10.4. The molecule has 2 heterocycles. The van der Waals surface area contributed by atoms with Crippen molar-refractivity contribution in [2.75, 3.05) is 44.8 Å². The van der Waals surface area contributed by atoms with Crippen molar-refractivity contribution < 1.29 is 9.47 Å². The molecule has 0 spiro atoms. The van der Waals surface area contributed by atoms with E-state index in [-0.39, 0.29) is 5.56 Å². The Labute approximate surface area is 186 Å². The Hall–Kier alpha value is -2.80. The number of nitrogens with zero attached hydrogens (tertiary/aromatic N) is 1. The van der Waals surface area contributed by atoms with Gasteiger partial charge in [0, 0.05) is 43.0 Å². The van der Waals surface area contributed by atoms with Crippen LogP contribution in [-0.4, -0.2) is 49.3 Å². The number of aromatic nitrogens is 1. The molecule has 0 atom stereocenters. The Kier molecular flexibility index (Phi) is 7.25. The molecule has 1 aliphatic heterocycles. The van der Waals surface area contributed by atoms with E-state index in [1.165, 1.54) is 0 Å². The molecule has 0 radical (unpaired) electrons. The van der Waals surface area contributed by atoms with Gasteiger partial charge in [0.2, 0.25) is 0 Å². The number of H-pyrrole nitrogens is 1. The van der Waals surface area contributed by atoms with Crippen LogP contribution in [0.4, 0.5) is 5.69 Å². The predicted octanol–water partition coefficient (Wildman–Crippen LogP) is 4.02. The third-order valence-electron chi connectivity index (χ3n) is 5.28. The van der Waals surface area contributed by atoms with Gasteiger partial charge in [0.25, 0.3) is 5.56 Å². The Morgan fingerprint density at radius 1 is 1.06 bits per heavy atom. The van der Waals surface area contributed by atoms with E-state index in [0.717, 1.165) is 55.4 Å². The van der Waals surface area contributed by atoms with E-state index in [1.54, 1.807) is 6.20 Å². The molecule has 162 valence electrons. The van der Waals surface area contributed by atoms with Gasteiger partial charge in [0.15, 0.2) is 0 Å². The number of benzene rings is 2. The fourth-order valence-corrected chi connectivity index (χ4v) is 3.64. The molecule has 1 aromatic heterocycles. The van der Waals surface area contributed by atoms with Crippen LogP contribution >= 0.6 is 11.6 Å². The third-order valence-corrected chi connectivity index (χ3v) is 5.53. The van der Waals surface area contributed by atoms with Crippen molar-refractivity contribution in [3.8, 4) is 16.9 Å². The maximum atomic E-state index is 12.3. The van der Waals surface area contributed by atoms with Crippen LogP contribution in [0, 0.1) is 0 Å². The highest BCUT2D eigenvalue weighted by Crippen LogP contribution is 2.25. The van der Waals surface area contributed by atoms with Gasteiger partial charge in [0.05, 0.1) is 18.9 Å². The highest BCUT2D eigenvalue weighted by Gasteiger charge is 2.11. The molecule has 6 nitrogen and oxygen atoms in total. The summed E-state index contributed by atoms with van der Waals surface area (Å²) in [5.74, 6) is 0.779. The van der Waals surface area contributed by atoms with Gasteiger partial charge in [-0.1, -0.05) is 35.9 Å². The van der Waals surface area contributed by atoms with Gasteiger partial charge in [-0.2, -0.15) is 0 Å². The van der Waals surface area contributed by atoms with E-state index >= 15 is 0 Å². The Balaban J connectivity index is 1.40. The summed E-state index contributed by atoms with van der Waals surface area (Å²) in [6.45, 7) is 5.29. The summed E-state index contributed by atoms with van der Waals surface area (Å²) in [6, 6.07) is 17.2. The second-order valence-electron chi connectivity index (χ2n) is 7.40. The lowest BCUT2D eigenvalue weighted by atomic mass is 10.1. The molecule has 31 heavy (non-hydrogen) atoms. The van der Waals surface area contributed by atoms with Crippen LogP contribution in [0.2, 0.25) is 5.02 Å². The first kappa shape index (κ1) is 21.4. The number of nitrogens with one attached hydrogen (secondary N) is 2. The van der Waals surface area contributed by atoms with Crippen LogP contribution in [0.1, 0.15) is 5.56 Å². The number of hydrogen-bond acceptors (Lipinski definition) is 5. The minimum atomic E-state index is -0.115. The molecular formula is C24H26ClN3O3. The zero-order valence-electron chi connectivity index (χ0n) is 17.3. The van der Waals surface area contributed by atoms with Gasteiger partial charge in [-0.25, -0.2) is 0 Å². The lowest BCUT2D eigenvalue weighted by Gasteiger charge is -2.26. The van der Waals surface area contributed by atoms with Gasteiger partial charge < -0.3 is 19.8 Å². The van der Waals surface area contributed by atoms with Crippen molar-refractivity contribution in [3.63, 3.8) is 0 Å². The summed E-state index contributed by atoms with van der Waals surface area (Å²) in [5, 5.41) is 4.03. The summed E-state index contributed by atoms with van der Waals surface area (Å²) in [4.78, 5) is 17.5. The normalized spacial score (nSPS) is 14.4. The fraction of sp³-hybridized carbons (Fsp3) is 0.292. The van der Waals surface area contributed by atoms with E-state index in [1.807, 2.05) is 54.6 Å². The Morgan fingerprint density at radius 2 is 1.84 bits per heavy atom. The molecule has 0 aliphatic carbocycles. The molecule has 2 N–H and O–H groups in total. The van der Waals surface area contributed by atoms with Gasteiger partial charge in [-0.05, 0) is 41.5 Å². The van der Waals surface area contributed by atoms with Crippen LogP contribution in [0.5, 0.6) is 5.75 Å². The minimum Gasteiger partial charge on any atom is -0.490 e. The van der Waals surface area contributed by atoms with Crippen LogP contribution in [0.25, 0.3) is 11.1 Å². The van der Waals surface area contributed by atoms with E-state index < -0.39 is 0 Å². The maximum Gasteiger partial charge on any atom is 0.252 e. The van der Waals surface area contributed by atoms with Crippen molar-refractivity contribution in [2.45, 2.75) is 6.54 Å². The zero-order chi connectivity index (χ0) is 21.5. The molecule has 7 heteroatoms. The summed E-state index contributed by atoms with van der Waals surface area (Å²) in [6.07, 6.45) is 1.72. The topological polar surface area (TPSA) is 66.6 Å². The smallest absolute Gasteiger partial charge is 0.252 e. The predicted molar refractivity (Wildman–Crippen MR) is 124 cm³/mol. The van der Waals surface area contributed by atoms with E-state index in [0.29, 0.717) is 23.7 Å². The number of hydrogen-bond donors (Lipinski definition) is 2. The highest BCUT2D eigenvalue weighted by atomic mass is 35.5. The quantitative estimate of drug-likeness (QED) is 0.555. The van der Waals surface area contributed by atoms with Crippen molar-refractivity contribution in [2.24, 2.45) is 0 Å². The average molecular weight is 440 g/mol. The SMILES string of the molecule is O=c1[nH]cc(-c2ccc(Cl)cc2)cc1CNc1ccccc1OCCN1CCOCC1. The minimum absolute atomic E-state index is 0.115. The molecule has 3 aromatic rings. The lowest BCUT2D eigenvalue weighted by Crippen LogP contribution is -2.38. The van der Waals surface area contributed by atoms with Crippen LogP contribution in [-0.2, 0) is 11.3 Å². The summed E-state index contributed by atoms with van der Waals surface area (Å²) in [7, 11) is 0. The number of pyridine rings is 1. The van der Waals surface area contributed by atoms with E-state index in [2.05, 4.69) is 15.2 Å². The molecule has 0 unspecified atom stereocenters. The first-order chi connectivity index (χ1) is 15.2. The lowest BCUT2D eigenvalue weighted by molar-refractivity contribution is 0.0323. The van der Waals surface area contributed by atoms with Crippen molar-refractivity contribution >= 4 is 17.3 Å². The standard InChI is InChI=1S/C24H26ClN3O3/c25-21-7-5-18(6-8-21)19-15-20(24(29)27-16-19)17-26-22-3-1-2-4-23(22)31-14-11-28-9-12-30-13-10-28/h1-8,15-16,26H,9-14,17H2,(H,27,29). The maximum absolute atomic E-state index is 12.3. The second-order valence-corrected chi connectivity index (χ2v) is 7.84. The van der Waals surface area contributed by atoms with Crippen molar-refractivity contribution in [3.05, 3.63) is 81.7 Å². The molecule has 0 bridgehead atoms. The molecule has 0 amide bonds. The number of para-hydroxylation sites is 2. The molecule has 0 saturated carbocycles. The average Bonchev–Trinajstić information content (AvgIpc) is 2.81. The zero-order valence-corrected chi connectivity index (χ0v) is 18.0. The Morgan fingerprint density at radius 3 is 2.65 bits per heavy atom. The fourth-order valence-electron chi connectivity index (χ4n) is 3.51. The number of anilines is 1. The summed E-state index contributed by atoms with van der Waals surface area (Å²) >= 11 is 5.98. The summed E-state index contributed by atoms with van der Waals surface area (Å²) in [5.41, 5.74) is 3.32. The van der Waals surface area contributed by atoms with E-state index in [4.69, 9.17) is 21.1 Å². The van der Waals surface area contributed by atoms with Gasteiger partial charge in [-0.3, -0.25) is 9.69 Å². The number of halogens is 1. The van der Waals surface area contributed by atoms with Crippen molar-refractivity contribution in [1.29, 1.82) is 0 Å². The highest BCUT2D eigenvalue weighted by molar-refractivity contribution is 6.30. The number of morpholine rings is 1. The molecule has 4 rings (SSSR count). The first-order valence-corrected chi connectivity index (χ1v) is 10.8. The molecular weight excluding hydrogens is 414 g/mol.